The molecule has 0 saturated heterocycles. The first-order valence-electron chi connectivity index (χ1n) is 6.92. The molecule has 1 aliphatic heterocycles. The average Bonchev–Trinajstić information content (AvgIpc) is 2.53. The predicted molar refractivity (Wildman–Crippen MR) is 79.3 cm³/mol. The Balaban J connectivity index is 1.86. The first-order chi connectivity index (χ1) is 10.2. The molecule has 3 rings (SSSR count). The van der Waals surface area contributed by atoms with Crippen LogP contribution in [0.2, 0.25) is 0 Å². The molecule has 0 aliphatic carbocycles. The fourth-order valence-corrected chi connectivity index (χ4v) is 2.58. The van der Waals surface area contributed by atoms with Crippen LogP contribution in [0.5, 0.6) is 0 Å². The number of benzene rings is 1. The molecule has 0 spiro atoms. The van der Waals surface area contributed by atoms with Gasteiger partial charge in [-0.25, -0.2) is 14.8 Å². The molecule has 21 heavy (non-hydrogen) atoms. The summed E-state index contributed by atoms with van der Waals surface area (Å²) in [4.78, 5) is 22.6. The number of carbonyl (C=O) groups excluding carboxylic acids is 1. The fraction of sp³-hybridized carbons (Fsp3) is 0.312. The van der Waals surface area contributed by atoms with E-state index < -0.39 is 0 Å². The second-order valence-electron chi connectivity index (χ2n) is 5.10. The van der Waals surface area contributed by atoms with Crippen LogP contribution < -0.4 is 4.90 Å². The zero-order valence-corrected chi connectivity index (χ0v) is 12.2. The van der Waals surface area contributed by atoms with Gasteiger partial charge in [0, 0.05) is 37.0 Å². The predicted octanol–water partition coefficient (Wildman–Crippen LogP) is 2.13. The fourth-order valence-electron chi connectivity index (χ4n) is 2.58. The van der Waals surface area contributed by atoms with Crippen molar-refractivity contribution in [1.82, 2.24) is 9.97 Å². The normalized spacial score (nSPS) is 13.7. The van der Waals surface area contributed by atoms with Gasteiger partial charge in [0.05, 0.1) is 18.4 Å². The number of aryl methyl sites for hydroxylation is 1. The zero-order chi connectivity index (χ0) is 14.8. The molecule has 2 heterocycles. The lowest BCUT2D eigenvalue weighted by Crippen LogP contribution is -2.31. The SMILES string of the molecule is COC(=O)c1cccc(N2CCc3nc(C)ncc3C2)c1. The quantitative estimate of drug-likeness (QED) is 0.790. The number of fused-ring (bicyclic) bond motifs is 1. The minimum Gasteiger partial charge on any atom is -0.465 e. The Morgan fingerprint density at radius 2 is 2.24 bits per heavy atom. The van der Waals surface area contributed by atoms with E-state index in [4.69, 9.17) is 4.74 Å². The van der Waals surface area contributed by atoms with E-state index in [0.29, 0.717) is 5.56 Å². The summed E-state index contributed by atoms with van der Waals surface area (Å²) in [5.41, 5.74) is 3.86. The third kappa shape index (κ3) is 2.72. The van der Waals surface area contributed by atoms with Crippen LogP contribution in [0, 0.1) is 6.92 Å². The van der Waals surface area contributed by atoms with Crippen LogP contribution in [0.4, 0.5) is 5.69 Å². The minimum atomic E-state index is -0.312. The molecular weight excluding hydrogens is 266 g/mol. The Morgan fingerprint density at radius 3 is 3.05 bits per heavy atom. The van der Waals surface area contributed by atoms with Crippen molar-refractivity contribution in [2.75, 3.05) is 18.6 Å². The van der Waals surface area contributed by atoms with Gasteiger partial charge in [0.25, 0.3) is 0 Å². The maximum Gasteiger partial charge on any atom is 0.337 e. The number of ether oxygens (including phenoxy) is 1. The highest BCUT2D eigenvalue weighted by atomic mass is 16.5. The third-order valence-electron chi connectivity index (χ3n) is 3.69. The smallest absolute Gasteiger partial charge is 0.337 e. The van der Waals surface area contributed by atoms with Gasteiger partial charge in [-0.15, -0.1) is 0 Å². The highest BCUT2D eigenvalue weighted by Gasteiger charge is 2.19. The van der Waals surface area contributed by atoms with Gasteiger partial charge < -0.3 is 9.64 Å². The number of anilines is 1. The van der Waals surface area contributed by atoms with Gasteiger partial charge in [-0.3, -0.25) is 0 Å². The number of hydrogen-bond donors (Lipinski definition) is 0. The van der Waals surface area contributed by atoms with E-state index in [1.807, 2.05) is 31.3 Å². The lowest BCUT2D eigenvalue weighted by molar-refractivity contribution is 0.0601. The Kier molecular flexibility index (Phi) is 3.56. The summed E-state index contributed by atoms with van der Waals surface area (Å²) in [6, 6.07) is 7.51. The Labute approximate surface area is 123 Å². The second-order valence-corrected chi connectivity index (χ2v) is 5.10. The van der Waals surface area contributed by atoms with Crippen LogP contribution in [0.3, 0.4) is 0 Å². The average molecular weight is 283 g/mol. The molecule has 0 amide bonds. The lowest BCUT2D eigenvalue weighted by atomic mass is 10.1. The summed E-state index contributed by atoms with van der Waals surface area (Å²) in [5, 5.41) is 0. The molecule has 0 bridgehead atoms. The molecule has 5 nitrogen and oxygen atoms in total. The molecule has 0 atom stereocenters. The topological polar surface area (TPSA) is 55.3 Å². The van der Waals surface area contributed by atoms with Crippen LogP contribution in [0.25, 0.3) is 0 Å². The van der Waals surface area contributed by atoms with Crippen LogP contribution in [0.1, 0.15) is 27.4 Å². The number of esters is 1. The molecule has 1 aliphatic rings. The molecule has 1 aromatic carbocycles. The molecule has 0 radical (unpaired) electrons. The number of aromatic nitrogens is 2. The standard InChI is InChI=1S/C16H17N3O2/c1-11-17-9-13-10-19(7-6-15(13)18-11)14-5-3-4-12(8-14)16(20)21-2/h3-5,8-9H,6-7,10H2,1-2H3. The number of carbonyl (C=O) groups is 1. The van der Waals surface area contributed by atoms with E-state index in [1.54, 1.807) is 6.07 Å². The highest BCUT2D eigenvalue weighted by molar-refractivity contribution is 5.90. The molecule has 108 valence electrons. The van der Waals surface area contributed by atoms with Crippen molar-refractivity contribution in [2.24, 2.45) is 0 Å². The monoisotopic (exact) mass is 283 g/mol. The van der Waals surface area contributed by atoms with E-state index in [-0.39, 0.29) is 5.97 Å². The van der Waals surface area contributed by atoms with Gasteiger partial charge in [0.1, 0.15) is 5.82 Å². The molecule has 0 unspecified atom stereocenters. The number of methoxy groups -OCH3 is 1. The minimum absolute atomic E-state index is 0.312. The van der Waals surface area contributed by atoms with Crippen LogP contribution >= 0.6 is 0 Å². The van der Waals surface area contributed by atoms with Crippen molar-refractivity contribution in [3.63, 3.8) is 0 Å². The summed E-state index contributed by atoms with van der Waals surface area (Å²) >= 11 is 0. The number of rotatable bonds is 2. The van der Waals surface area contributed by atoms with Crippen molar-refractivity contribution in [3.8, 4) is 0 Å². The summed E-state index contributed by atoms with van der Waals surface area (Å²) in [6.07, 6.45) is 2.79. The highest BCUT2D eigenvalue weighted by Crippen LogP contribution is 2.24. The summed E-state index contributed by atoms with van der Waals surface area (Å²) in [6.45, 7) is 3.56. The Hall–Kier alpha value is -2.43. The largest absolute Gasteiger partial charge is 0.465 e. The van der Waals surface area contributed by atoms with Gasteiger partial charge in [-0.05, 0) is 25.1 Å². The Bertz CT molecular complexity index is 685. The molecule has 0 fully saturated rings. The van der Waals surface area contributed by atoms with Crippen molar-refractivity contribution < 1.29 is 9.53 Å². The van der Waals surface area contributed by atoms with Crippen LogP contribution in [-0.2, 0) is 17.7 Å². The van der Waals surface area contributed by atoms with Gasteiger partial charge in [0.2, 0.25) is 0 Å². The molecule has 0 N–H and O–H groups in total. The van der Waals surface area contributed by atoms with Gasteiger partial charge >= 0.3 is 5.97 Å². The van der Waals surface area contributed by atoms with E-state index in [1.165, 1.54) is 7.11 Å². The maximum absolute atomic E-state index is 11.6. The number of hydrogen-bond acceptors (Lipinski definition) is 5. The van der Waals surface area contributed by atoms with E-state index in [0.717, 1.165) is 42.3 Å². The first kappa shape index (κ1) is 13.5. The third-order valence-corrected chi connectivity index (χ3v) is 3.69. The molecule has 5 heteroatoms. The zero-order valence-electron chi connectivity index (χ0n) is 12.2. The van der Waals surface area contributed by atoms with Gasteiger partial charge in [0.15, 0.2) is 0 Å². The summed E-state index contributed by atoms with van der Waals surface area (Å²) < 4.78 is 4.77. The van der Waals surface area contributed by atoms with Crippen LogP contribution in [-0.4, -0.2) is 29.6 Å². The Morgan fingerprint density at radius 1 is 1.38 bits per heavy atom. The van der Waals surface area contributed by atoms with E-state index in [9.17, 15) is 4.79 Å². The van der Waals surface area contributed by atoms with Gasteiger partial charge in [-0.2, -0.15) is 0 Å². The molecular formula is C16H17N3O2. The second kappa shape index (κ2) is 5.52. The lowest BCUT2D eigenvalue weighted by Gasteiger charge is -2.30. The molecule has 2 aromatic rings. The van der Waals surface area contributed by atoms with E-state index in [2.05, 4.69) is 14.9 Å². The van der Waals surface area contributed by atoms with E-state index >= 15 is 0 Å². The molecule has 0 saturated carbocycles. The van der Waals surface area contributed by atoms with Gasteiger partial charge in [-0.1, -0.05) is 6.07 Å². The van der Waals surface area contributed by atoms with Crippen molar-refractivity contribution in [2.45, 2.75) is 19.9 Å². The summed E-state index contributed by atoms with van der Waals surface area (Å²) in [5.74, 6) is 0.503. The maximum atomic E-state index is 11.6. The van der Waals surface area contributed by atoms with Crippen molar-refractivity contribution in [1.29, 1.82) is 0 Å². The van der Waals surface area contributed by atoms with Crippen molar-refractivity contribution in [3.05, 3.63) is 53.1 Å². The first-order valence-corrected chi connectivity index (χ1v) is 6.92. The van der Waals surface area contributed by atoms with Crippen molar-refractivity contribution >= 4 is 11.7 Å². The van der Waals surface area contributed by atoms with Crippen LogP contribution in [0.15, 0.2) is 30.5 Å². The summed E-state index contributed by atoms with van der Waals surface area (Å²) in [7, 11) is 1.39. The molecule has 1 aromatic heterocycles. The number of nitrogens with zero attached hydrogens (tertiary/aromatic N) is 3.